The molecule has 0 saturated carbocycles. The van der Waals surface area contributed by atoms with Gasteiger partial charge in [-0.15, -0.1) is 0 Å². The second kappa shape index (κ2) is 4.83. The molecule has 1 saturated heterocycles. The zero-order valence-electron chi connectivity index (χ0n) is 11.1. The topological polar surface area (TPSA) is 52.6 Å². The van der Waals surface area contributed by atoms with E-state index in [0.29, 0.717) is 12.8 Å². The van der Waals surface area contributed by atoms with Gasteiger partial charge < -0.3 is 19.5 Å². The van der Waals surface area contributed by atoms with Gasteiger partial charge in [0.05, 0.1) is 0 Å². The number of hydrogen-bond acceptors (Lipinski definition) is 5. The van der Waals surface area contributed by atoms with E-state index in [1.54, 1.807) is 0 Å². The fourth-order valence-electron chi connectivity index (χ4n) is 2.71. The van der Waals surface area contributed by atoms with Gasteiger partial charge in [-0.25, -0.2) is 4.98 Å². The van der Waals surface area contributed by atoms with E-state index < -0.39 is 0 Å². The molecule has 0 unspecified atom stereocenters. The predicted molar refractivity (Wildman–Crippen MR) is 75.3 cm³/mol. The fraction of sp³-hybridized carbons (Fsp3) is 0.400. The van der Waals surface area contributed by atoms with Gasteiger partial charge in [-0.05, 0) is 36.4 Å². The normalized spacial score (nSPS) is 18.4. The molecule has 4 rings (SSSR count). The second-order valence-electron chi connectivity index (χ2n) is 5.12. The van der Waals surface area contributed by atoms with E-state index in [2.05, 4.69) is 10.3 Å². The van der Waals surface area contributed by atoms with Crippen LogP contribution in [-0.4, -0.2) is 31.0 Å². The van der Waals surface area contributed by atoms with E-state index >= 15 is 0 Å². The first-order valence-corrected chi connectivity index (χ1v) is 6.93. The van der Waals surface area contributed by atoms with Crippen LogP contribution in [0.3, 0.4) is 0 Å². The molecule has 2 aromatic rings. The van der Waals surface area contributed by atoms with Crippen LogP contribution in [0.1, 0.15) is 12.8 Å². The number of pyridine rings is 1. The Morgan fingerprint density at radius 2 is 1.90 bits per heavy atom. The van der Waals surface area contributed by atoms with Gasteiger partial charge in [-0.2, -0.15) is 0 Å². The lowest BCUT2D eigenvalue weighted by atomic mass is 10.1. The fourth-order valence-corrected chi connectivity index (χ4v) is 2.71. The third kappa shape index (κ3) is 2.04. The summed E-state index contributed by atoms with van der Waals surface area (Å²) in [6.07, 6.45) is 3.86. The number of benzene rings is 1. The van der Waals surface area contributed by atoms with Gasteiger partial charge in [0.2, 0.25) is 6.79 Å². The maximum absolute atomic E-state index is 5.45. The Morgan fingerprint density at radius 3 is 2.75 bits per heavy atom. The molecule has 1 aromatic carbocycles. The molecule has 5 nitrogen and oxygen atoms in total. The summed E-state index contributed by atoms with van der Waals surface area (Å²) >= 11 is 0. The Hall–Kier alpha value is -2.01. The Labute approximate surface area is 116 Å². The van der Waals surface area contributed by atoms with Crippen molar-refractivity contribution in [2.45, 2.75) is 18.9 Å². The highest BCUT2D eigenvalue weighted by Gasteiger charge is 2.18. The van der Waals surface area contributed by atoms with Crippen molar-refractivity contribution in [3.8, 4) is 11.5 Å². The summed E-state index contributed by atoms with van der Waals surface area (Å²) in [7, 11) is 0. The van der Waals surface area contributed by atoms with Crippen LogP contribution in [0.4, 0.5) is 5.82 Å². The van der Waals surface area contributed by atoms with Crippen molar-refractivity contribution < 1.29 is 14.2 Å². The number of aromatic nitrogens is 1. The van der Waals surface area contributed by atoms with Crippen molar-refractivity contribution in [2.24, 2.45) is 0 Å². The summed E-state index contributed by atoms with van der Waals surface area (Å²) in [5, 5.41) is 5.71. The van der Waals surface area contributed by atoms with Crippen LogP contribution in [0, 0.1) is 0 Å². The first-order valence-electron chi connectivity index (χ1n) is 6.93. The van der Waals surface area contributed by atoms with Crippen LogP contribution in [-0.2, 0) is 4.74 Å². The van der Waals surface area contributed by atoms with Crippen molar-refractivity contribution in [3.05, 3.63) is 24.4 Å². The molecule has 1 aromatic heterocycles. The zero-order valence-corrected chi connectivity index (χ0v) is 11.1. The predicted octanol–water partition coefficient (Wildman–Crippen LogP) is 2.55. The van der Waals surface area contributed by atoms with E-state index in [9.17, 15) is 0 Å². The molecule has 2 aliphatic rings. The van der Waals surface area contributed by atoms with E-state index in [1.165, 1.54) is 0 Å². The van der Waals surface area contributed by atoms with Gasteiger partial charge in [-0.3, -0.25) is 0 Å². The Morgan fingerprint density at radius 1 is 1.10 bits per heavy atom. The first kappa shape index (κ1) is 11.8. The minimum Gasteiger partial charge on any atom is -0.454 e. The maximum Gasteiger partial charge on any atom is 0.231 e. The maximum atomic E-state index is 5.45. The van der Waals surface area contributed by atoms with Crippen molar-refractivity contribution in [2.75, 3.05) is 25.3 Å². The summed E-state index contributed by atoms with van der Waals surface area (Å²) in [5.41, 5.74) is 0. The Bertz CT molecular complexity index is 638. The van der Waals surface area contributed by atoms with Gasteiger partial charge in [0.1, 0.15) is 5.82 Å². The third-order valence-corrected chi connectivity index (χ3v) is 3.82. The molecule has 0 aliphatic carbocycles. The summed E-state index contributed by atoms with van der Waals surface area (Å²) in [4.78, 5) is 4.48. The highest BCUT2D eigenvalue weighted by Crippen LogP contribution is 2.38. The first-order chi connectivity index (χ1) is 9.90. The summed E-state index contributed by atoms with van der Waals surface area (Å²) < 4.78 is 16.3. The molecule has 0 atom stereocenters. The van der Waals surface area contributed by atoms with Crippen LogP contribution >= 0.6 is 0 Å². The highest BCUT2D eigenvalue weighted by molar-refractivity contribution is 5.94. The zero-order chi connectivity index (χ0) is 13.4. The second-order valence-corrected chi connectivity index (χ2v) is 5.12. The van der Waals surface area contributed by atoms with Crippen LogP contribution in [0.25, 0.3) is 10.8 Å². The van der Waals surface area contributed by atoms with Gasteiger partial charge in [-0.1, -0.05) is 0 Å². The van der Waals surface area contributed by atoms with Gasteiger partial charge in [0, 0.05) is 30.8 Å². The molecular formula is C15H16N2O3. The Kier molecular flexibility index (Phi) is 2.85. The number of nitrogens with zero attached hydrogens (tertiary/aromatic N) is 1. The quantitative estimate of drug-likeness (QED) is 0.910. The molecule has 5 heteroatoms. The summed E-state index contributed by atoms with van der Waals surface area (Å²) in [6.45, 7) is 1.92. The monoisotopic (exact) mass is 272 g/mol. The average molecular weight is 272 g/mol. The largest absolute Gasteiger partial charge is 0.454 e. The van der Waals surface area contributed by atoms with Crippen LogP contribution in [0.15, 0.2) is 24.4 Å². The van der Waals surface area contributed by atoms with Crippen molar-refractivity contribution in [3.63, 3.8) is 0 Å². The minimum absolute atomic E-state index is 0.293. The molecule has 0 spiro atoms. The van der Waals surface area contributed by atoms with E-state index in [0.717, 1.165) is 54.1 Å². The van der Waals surface area contributed by atoms with E-state index in [-0.39, 0.29) is 0 Å². The number of nitrogens with one attached hydrogen (secondary N) is 1. The molecule has 3 heterocycles. The van der Waals surface area contributed by atoms with Crippen LogP contribution < -0.4 is 14.8 Å². The van der Waals surface area contributed by atoms with Crippen molar-refractivity contribution in [1.29, 1.82) is 0 Å². The number of anilines is 1. The molecule has 0 amide bonds. The number of fused-ring (bicyclic) bond motifs is 2. The third-order valence-electron chi connectivity index (χ3n) is 3.82. The number of ether oxygens (including phenoxy) is 3. The van der Waals surface area contributed by atoms with Gasteiger partial charge in [0.15, 0.2) is 11.5 Å². The van der Waals surface area contributed by atoms with Gasteiger partial charge >= 0.3 is 0 Å². The van der Waals surface area contributed by atoms with E-state index in [4.69, 9.17) is 14.2 Å². The highest BCUT2D eigenvalue weighted by atomic mass is 16.7. The lowest BCUT2D eigenvalue weighted by Crippen LogP contribution is -2.28. The molecule has 0 radical (unpaired) electrons. The molecular weight excluding hydrogens is 256 g/mol. The van der Waals surface area contributed by atoms with Crippen molar-refractivity contribution in [1.82, 2.24) is 4.98 Å². The molecule has 104 valence electrons. The SMILES string of the molecule is c1cc2cc3c(cc2c(NC2CCOCC2)n1)OCO3. The standard InChI is InChI=1S/C15H16N2O3/c1-4-16-15(17-11-2-5-18-6-3-11)12-8-14-13(7-10(1)12)19-9-20-14/h1,4,7-8,11H,2-3,5-6,9H2,(H,16,17). The molecule has 20 heavy (non-hydrogen) atoms. The van der Waals surface area contributed by atoms with Crippen molar-refractivity contribution >= 4 is 16.6 Å². The lowest BCUT2D eigenvalue weighted by molar-refractivity contribution is 0.0904. The molecule has 2 aliphatic heterocycles. The lowest BCUT2D eigenvalue weighted by Gasteiger charge is -2.24. The minimum atomic E-state index is 0.293. The molecule has 0 bridgehead atoms. The van der Waals surface area contributed by atoms with Crippen LogP contribution in [0.5, 0.6) is 11.5 Å². The van der Waals surface area contributed by atoms with E-state index in [1.807, 2.05) is 24.4 Å². The summed E-state index contributed by atoms with van der Waals surface area (Å²) in [6, 6.07) is 6.43. The smallest absolute Gasteiger partial charge is 0.231 e. The van der Waals surface area contributed by atoms with Gasteiger partial charge in [0.25, 0.3) is 0 Å². The molecule has 1 fully saturated rings. The number of rotatable bonds is 2. The molecule has 1 N–H and O–H groups in total. The Balaban J connectivity index is 1.71. The average Bonchev–Trinajstić information content (AvgIpc) is 2.94. The summed E-state index contributed by atoms with van der Waals surface area (Å²) in [5.74, 6) is 2.51. The number of hydrogen-bond donors (Lipinski definition) is 1. The van der Waals surface area contributed by atoms with Crippen LogP contribution in [0.2, 0.25) is 0 Å².